The van der Waals surface area contributed by atoms with E-state index in [-0.39, 0.29) is 11.9 Å². The van der Waals surface area contributed by atoms with Crippen LogP contribution < -0.4 is 10.6 Å². The van der Waals surface area contributed by atoms with Crippen molar-refractivity contribution in [3.63, 3.8) is 0 Å². The maximum atomic E-state index is 11.8. The van der Waals surface area contributed by atoms with E-state index in [2.05, 4.69) is 27.6 Å². The monoisotopic (exact) mass is 223 g/mol. The Balaban J connectivity index is 1.83. The number of aryl methyl sites for hydroxylation is 1. The summed E-state index contributed by atoms with van der Waals surface area (Å²) in [4.78, 5) is 15.8. The van der Waals surface area contributed by atoms with Gasteiger partial charge in [-0.2, -0.15) is 5.10 Å². The number of aromatic nitrogens is 3. The molecule has 16 heavy (non-hydrogen) atoms. The smallest absolute Gasteiger partial charge is 0.237 e. The highest BCUT2D eigenvalue weighted by atomic mass is 16.2. The van der Waals surface area contributed by atoms with Crippen LogP contribution in [-0.2, 0) is 18.4 Å². The van der Waals surface area contributed by atoms with Gasteiger partial charge in [-0.1, -0.05) is 6.92 Å². The molecule has 1 fully saturated rings. The fourth-order valence-electron chi connectivity index (χ4n) is 1.93. The maximum absolute atomic E-state index is 11.8. The van der Waals surface area contributed by atoms with Crippen LogP contribution in [0, 0.1) is 5.92 Å². The molecular formula is C10H17N5O. The van der Waals surface area contributed by atoms with Crippen molar-refractivity contribution in [2.75, 3.05) is 6.54 Å². The Morgan fingerprint density at radius 1 is 1.75 bits per heavy atom. The molecule has 1 aromatic heterocycles. The molecule has 0 bridgehead atoms. The molecule has 0 aliphatic carbocycles. The Bertz CT molecular complexity index is 375. The first-order chi connectivity index (χ1) is 7.66. The van der Waals surface area contributed by atoms with Crippen LogP contribution in [0.25, 0.3) is 0 Å². The first-order valence-corrected chi connectivity index (χ1v) is 5.52. The average Bonchev–Trinajstić information content (AvgIpc) is 2.84. The van der Waals surface area contributed by atoms with Crippen LogP contribution in [0.2, 0.25) is 0 Å². The molecule has 0 aromatic carbocycles. The van der Waals surface area contributed by atoms with Gasteiger partial charge in [0.2, 0.25) is 5.91 Å². The zero-order valence-electron chi connectivity index (χ0n) is 9.60. The van der Waals surface area contributed by atoms with E-state index in [0.29, 0.717) is 18.3 Å². The normalized spacial score (nSPS) is 24.6. The summed E-state index contributed by atoms with van der Waals surface area (Å²) >= 11 is 0. The highest BCUT2D eigenvalue weighted by molar-refractivity contribution is 5.82. The van der Waals surface area contributed by atoms with Crippen molar-refractivity contribution >= 4 is 5.91 Å². The molecule has 0 saturated carbocycles. The summed E-state index contributed by atoms with van der Waals surface area (Å²) in [5.41, 5.74) is 0. The van der Waals surface area contributed by atoms with Crippen molar-refractivity contribution in [1.82, 2.24) is 25.4 Å². The molecule has 2 N–H and O–H groups in total. The van der Waals surface area contributed by atoms with Crippen LogP contribution in [-0.4, -0.2) is 33.3 Å². The van der Waals surface area contributed by atoms with Gasteiger partial charge in [0.05, 0.1) is 12.6 Å². The van der Waals surface area contributed by atoms with Gasteiger partial charge in [0, 0.05) is 7.05 Å². The lowest BCUT2D eigenvalue weighted by Gasteiger charge is -2.14. The second-order valence-corrected chi connectivity index (χ2v) is 4.25. The number of carbonyl (C=O) groups excluding carboxylic acids is 1. The summed E-state index contributed by atoms with van der Waals surface area (Å²) in [6, 6.07) is -0.0660. The van der Waals surface area contributed by atoms with Crippen LogP contribution in [0.15, 0.2) is 6.33 Å². The lowest BCUT2D eigenvalue weighted by atomic mass is 10.0. The molecule has 1 amide bonds. The lowest BCUT2D eigenvalue weighted by Crippen LogP contribution is -2.43. The van der Waals surface area contributed by atoms with Gasteiger partial charge in [-0.15, -0.1) is 0 Å². The van der Waals surface area contributed by atoms with Gasteiger partial charge in [0.15, 0.2) is 5.82 Å². The topological polar surface area (TPSA) is 71.8 Å². The minimum absolute atomic E-state index is 0.0393. The molecule has 88 valence electrons. The Hall–Kier alpha value is -1.43. The number of amides is 1. The number of nitrogens with zero attached hydrogens (tertiary/aromatic N) is 3. The Kier molecular flexibility index (Phi) is 3.19. The van der Waals surface area contributed by atoms with Gasteiger partial charge in [0.25, 0.3) is 0 Å². The zero-order chi connectivity index (χ0) is 11.5. The van der Waals surface area contributed by atoms with E-state index in [0.717, 1.165) is 13.0 Å². The summed E-state index contributed by atoms with van der Waals surface area (Å²) < 4.78 is 1.62. The van der Waals surface area contributed by atoms with Crippen molar-refractivity contribution < 1.29 is 4.79 Å². The van der Waals surface area contributed by atoms with Crippen LogP contribution in [0.3, 0.4) is 0 Å². The summed E-state index contributed by atoms with van der Waals surface area (Å²) in [6.07, 6.45) is 2.68. The predicted molar refractivity (Wildman–Crippen MR) is 58.4 cm³/mol. The summed E-state index contributed by atoms with van der Waals surface area (Å²) in [5.74, 6) is 1.08. The Labute approximate surface area is 94.4 Å². The average molecular weight is 223 g/mol. The highest BCUT2D eigenvalue weighted by Gasteiger charge is 2.28. The number of hydrogen-bond acceptors (Lipinski definition) is 4. The van der Waals surface area contributed by atoms with Crippen molar-refractivity contribution in [2.45, 2.75) is 25.9 Å². The second-order valence-electron chi connectivity index (χ2n) is 4.25. The quantitative estimate of drug-likeness (QED) is 0.720. The van der Waals surface area contributed by atoms with E-state index in [4.69, 9.17) is 0 Å². The van der Waals surface area contributed by atoms with E-state index in [1.807, 2.05) is 0 Å². The molecule has 2 atom stereocenters. The number of nitrogens with one attached hydrogen (secondary N) is 2. The van der Waals surface area contributed by atoms with Gasteiger partial charge < -0.3 is 10.6 Å². The SMILES string of the molecule is CC1CCNC1C(=O)NCc1ncn(C)n1. The molecule has 1 aliphatic heterocycles. The molecule has 1 aromatic rings. The Morgan fingerprint density at radius 2 is 2.56 bits per heavy atom. The standard InChI is InChI=1S/C10H17N5O/c1-7-3-4-11-9(7)10(16)12-5-8-13-6-15(2)14-8/h6-7,9,11H,3-5H2,1-2H3,(H,12,16). The lowest BCUT2D eigenvalue weighted by molar-refractivity contribution is -0.123. The van der Waals surface area contributed by atoms with Crippen molar-refractivity contribution in [3.8, 4) is 0 Å². The van der Waals surface area contributed by atoms with Gasteiger partial charge in [-0.05, 0) is 18.9 Å². The molecule has 2 heterocycles. The van der Waals surface area contributed by atoms with Crippen LogP contribution >= 0.6 is 0 Å². The van der Waals surface area contributed by atoms with Crippen molar-refractivity contribution in [1.29, 1.82) is 0 Å². The van der Waals surface area contributed by atoms with Gasteiger partial charge in [-0.25, -0.2) is 4.98 Å². The molecule has 6 heteroatoms. The van der Waals surface area contributed by atoms with E-state index < -0.39 is 0 Å². The third-order valence-electron chi connectivity index (χ3n) is 2.88. The van der Waals surface area contributed by atoms with Crippen LogP contribution in [0.5, 0.6) is 0 Å². The van der Waals surface area contributed by atoms with Crippen molar-refractivity contribution in [2.24, 2.45) is 13.0 Å². The Morgan fingerprint density at radius 3 is 3.12 bits per heavy atom. The first kappa shape index (κ1) is 11.1. The van der Waals surface area contributed by atoms with Gasteiger partial charge in [-0.3, -0.25) is 9.48 Å². The van der Waals surface area contributed by atoms with Crippen LogP contribution in [0.4, 0.5) is 0 Å². The second kappa shape index (κ2) is 4.61. The van der Waals surface area contributed by atoms with E-state index >= 15 is 0 Å². The first-order valence-electron chi connectivity index (χ1n) is 5.52. The molecule has 0 spiro atoms. The molecular weight excluding hydrogens is 206 g/mol. The molecule has 1 saturated heterocycles. The summed E-state index contributed by atoms with van der Waals surface area (Å²) in [7, 11) is 1.80. The largest absolute Gasteiger partial charge is 0.347 e. The van der Waals surface area contributed by atoms with Crippen LogP contribution in [0.1, 0.15) is 19.2 Å². The molecule has 0 radical (unpaired) electrons. The number of rotatable bonds is 3. The fourth-order valence-corrected chi connectivity index (χ4v) is 1.93. The predicted octanol–water partition coefficient (Wildman–Crippen LogP) is -0.571. The third kappa shape index (κ3) is 2.38. The minimum atomic E-state index is -0.0660. The third-order valence-corrected chi connectivity index (χ3v) is 2.88. The molecule has 2 unspecified atom stereocenters. The van der Waals surface area contributed by atoms with E-state index in [9.17, 15) is 4.79 Å². The molecule has 6 nitrogen and oxygen atoms in total. The van der Waals surface area contributed by atoms with Gasteiger partial charge in [0.1, 0.15) is 6.33 Å². The molecule has 1 aliphatic rings. The van der Waals surface area contributed by atoms with E-state index in [1.165, 1.54) is 0 Å². The number of hydrogen-bond donors (Lipinski definition) is 2. The summed E-state index contributed by atoms with van der Waals surface area (Å²) in [6.45, 7) is 3.40. The zero-order valence-corrected chi connectivity index (χ0v) is 9.60. The maximum Gasteiger partial charge on any atom is 0.237 e. The minimum Gasteiger partial charge on any atom is -0.347 e. The summed E-state index contributed by atoms with van der Waals surface area (Å²) in [5, 5.41) is 10.1. The fraction of sp³-hybridized carbons (Fsp3) is 0.700. The van der Waals surface area contributed by atoms with Crippen molar-refractivity contribution in [3.05, 3.63) is 12.2 Å². The molecule has 2 rings (SSSR count). The highest BCUT2D eigenvalue weighted by Crippen LogP contribution is 2.14. The van der Waals surface area contributed by atoms with E-state index in [1.54, 1.807) is 18.1 Å². The van der Waals surface area contributed by atoms with Gasteiger partial charge >= 0.3 is 0 Å². The number of carbonyl (C=O) groups is 1.